The van der Waals surface area contributed by atoms with E-state index in [0.29, 0.717) is 24.2 Å². The van der Waals surface area contributed by atoms with Gasteiger partial charge in [-0.2, -0.15) is 13.2 Å². The van der Waals surface area contributed by atoms with Crippen molar-refractivity contribution < 1.29 is 22.7 Å². The Kier molecular flexibility index (Phi) is 5.83. The van der Waals surface area contributed by atoms with E-state index in [9.17, 15) is 18.0 Å². The third-order valence-electron chi connectivity index (χ3n) is 4.93. The first-order valence-corrected chi connectivity index (χ1v) is 10.6. The van der Waals surface area contributed by atoms with E-state index in [1.54, 1.807) is 36.5 Å². The highest BCUT2D eigenvalue weighted by Gasteiger charge is 2.30. The van der Waals surface area contributed by atoms with Gasteiger partial charge >= 0.3 is 12.1 Å². The molecule has 0 amide bonds. The molecule has 1 aromatic heterocycles. The molecule has 0 aliphatic heterocycles. The van der Waals surface area contributed by atoms with Crippen LogP contribution in [0.15, 0.2) is 72.8 Å². The lowest BCUT2D eigenvalue weighted by molar-refractivity contribution is -0.137. The topological polar surface area (TPSA) is 26.3 Å². The van der Waals surface area contributed by atoms with Gasteiger partial charge in [0, 0.05) is 16.0 Å². The molecule has 0 aliphatic carbocycles. The Balaban J connectivity index is 1.64. The second-order valence-electron chi connectivity index (χ2n) is 7.11. The number of ether oxygens (including phenoxy) is 1. The molecule has 158 valence electrons. The molecule has 0 unspecified atom stereocenters. The van der Waals surface area contributed by atoms with Crippen LogP contribution in [0, 0.1) is 0 Å². The summed E-state index contributed by atoms with van der Waals surface area (Å²) in [5.74, 6) is -0.355. The van der Waals surface area contributed by atoms with Crippen LogP contribution in [0.1, 0.15) is 33.3 Å². The largest absolute Gasteiger partial charge is 0.462 e. The molecule has 0 saturated heterocycles. The van der Waals surface area contributed by atoms with Crippen molar-refractivity contribution in [1.82, 2.24) is 0 Å². The molecule has 4 aromatic rings. The highest BCUT2D eigenvalue weighted by molar-refractivity contribution is 7.19. The molecule has 1 heterocycles. The van der Waals surface area contributed by atoms with Crippen LogP contribution in [0.4, 0.5) is 13.2 Å². The van der Waals surface area contributed by atoms with E-state index in [-0.39, 0.29) is 5.97 Å². The zero-order chi connectivity index (χ0) is 22.0. The molecule has 0 atom stereocenters. The minimum Gasteiger partial charge on any atom is -0.462 e. The van der Waals surface area contributed by atoms with Gasteiger partial charge in [0.25, 0.3) is 0 Å². The summed E-state index contributed by atoms with van der Waals surface area (Å²) >= 11 is 1.57. The highest BCUT2D eigenvalue weighted by atomic mass is 32.1. The van der Waals surface area contributed by atoms with Crippen LogP contribution in [0.25, 0.3) is 21.2 Å². The number of alkyl halides is 3. The average molecular weight is 440 g/mol. The van der Waals surface area contributed by atoms with Crippen LogP contribution in [-0.4, -0.2) is 12.6 Å². The fraction of sp³-hybridized carbons (Fsp3) is 0.160. The standard InChI is InChI=1S/C25H19F3O2S/c1-2-30-24(29)18-11-9-17(10-12-18)22-8-4-6-19-15-21(31-23(19)22)14-16-5-3-7-20(13-16)25(26,27)28/h3-13,15H,2,14H2,1H3. The lowest BCUT2D eigenvalue weighted by Gasteiger charge is -2.08. The SMILES string of the molecule is CCOC(=O)c1ccc(-c2cccc3cc(Cc4cccc(C(F)(F)F)c4)sc23)cc1. The summed E-state index contributed by atoms with van der Waals surface area (Å²) < 4.78 is 45.1. The number of thiophene rings is 1. The number of esters is 1. The summed E-state index contributed by atoms with van der Waals surface area (Å²) in [6.07, 6.45) is -3.91. The van der Waals surface area contributed by atoms with Crippen molar-refractivity contribution in [1.29, 1.82) is 0 Å². The number of carbonyl (C=O) groups is 1. The molecule has 3 aromatic carbocycles. The molecule has 0 N–H and O–H groups in total. The van der Waals surface area contributed by atoms with E-state index in [4.69, 9.17) is 4.74 Å². The lowest BCUT2D eigenvalue weighted by Crippen LogP contribution is -2.05. The van der Waals surface area contributed by atoms with Gasteiger partial charge in [-0.3, -0.25) is 0 Å². The summed E-state index contributed by atoms with van der Waals surface area (Å²) in [5, 5.41) is 1.04. The molecule has 4 rings (SSSR count). The smallest absolute Gasteiger partial charge is 0.416 e. The van der Waals surface area contributed by atoms with Crippen molar-refractivity contribution in [2.75, 3.05) is 6.61 Å². The van der Waals surface area contributed by atoms with Crippen LogP contribution >= 0.6 is 11.3 Å². The van der Waals surface area contributed by atoms with Crippen LogP contribution in [-0.2, 0) is 17.3 Å². The van der Waals surface area contributed by atoms with E-state index < -0.39 is 11.7 Å². The van der Waals surface area contributed by atoms with Crippen LogP contribution in [0.3, 0.4) is 0 Å². The van der Waals surface area contributed by atoms with Gasteiger partial charge in [-0.25, -0.2) is 4.79 Å². The fourth-order valence-electron chi connectivity index (χ4n) is 3.49. The Morgan fingerprint density at radius 2 is 1.71 bits per heavy atom. The maximum Gasteiger partial charge on any atom is 0.416 e. The van der Waals surface area contributed by atoms with E-state index in [1.807, 2.05) is 36.4 Å². The first kappa shape index (κ1) is 21.1. The summed E-state index contributed by atoms with van der Waals surface area (Å²) in [7, 11) is 0. The van der Waals surface area contributed by atoms with Gasteiger partial charge in [-0.1, -0.05) is 48.5 Å². The summed E-state index contributed by atoms with van der Waals surface area (Å²) in [6.45, 7) is 2.09. The predicted molar refractivity (Wildman–Crippen MR) is 117 cm³/mol. The minimum atomic E-state index is -4.35. The molecule has 0 spiro atoms. The Bertz CT molecular complexity index is 1220. The lowest BCUT2D eigenvalue weighted by atomic mass is 10.0. The molecule has 0 fully saturated rings. The normalized spacial score (nSPS) is 11.6. The Morgan fingerprint density at radius 3 is 2.42 bits per heavy atom. The van der Waals surface area contributed by atoms with E-state index in [0.717, 1.165) is 32.2 Å². The second-order valence-corrected chi connectivity index (χ2v) is 8.25. The maximum atomic E-state index is 13.0. The van der Waals surface area contributed by atoms with Crippen LogP contribution in [0.5, 0.6) is 0 Å². The number of halogens is 3. The predicted octanol–water partition coefficient (Wildman–Crippen LogP) is 7.35. The summed E-state index contributed by atoms with van der Waals surface area (Å²) in [4.78, 5) is 12.9. The van der Waals surface area contributed by atoms with Gasteiger partial charge in [0.15, 0.2) is 0 Å². The molecule has 6 heteroatoms. The van der Waals surface area contributed by atoms with E-state index in [1.165, 1.54) is 12.1 Å². The van der Waals surface area contributed by atoms with E-state index in [2.05, 4.69) is 0 Å². The maximum absolute atomic E-state index is 13.0. The number of hydrogen-bond acceptors (Lipinski definition) is 3. The van der Waals surface area contributed by atoms with Crippen LogP contribution in [0.2, 0.25) is 0 Å². The molecule has 31 heavy (non-hydrogen) atoms. The molecule has 0 saturated carbocycles. The van der Waals surface area contributed by atoms with Crippen molar-refractivity contribution in [2.45, 2.75) is 19.5 Å². The van der Waals surface area contributed by atoms with Gasteiger partial charge in [-0.05, 0) is 53.3 Å². The fourth-order valence-corrected chi connectivity index (χ4v) is 4.72. The quantitative estimate of drug-likeness (QED) is 0.303. The van der Waals surface area contributed by atoms with Crippen molar-refractivity contribution >= 4 is 27.4 Å². The Hall–Kier alpha value is -3.12. The Labute approximate surface area is 181 Å². The number of hydrogen-bond donors (Lipinski definition) is 0. The van der Waals surface area contributed by atoms with Crippen molar-refractivity contribution in [2.24, 2.45) is 0 Å². The third-order valence-corrected chi connectivity index (χ3v) is 6.12. The monoisotopic (exact) mass is 440 g/mol. The minimum absolute atomic E-state index is 0.323. The van der Waals surface area contributed by atoms with Gasteiger partial charge in [0.05, 0.1) is 17.7 Å². The Morgan fingerprint density at radius 1 is 0.968 bits per heavy atom. The molecule has 0 aliphatic rings. The van der Waals surface area contributed by atoms with Crippen molar-refractivity contribution in [3.05, 3.63) is 94.4 Å². The average Bonchev–Trinajstić information content (AvgIpc) is 3.16. The number of fused-ring (bicyclic) bond motifs is 1. The molecule has 0 radical (unpaired) electrons. The number of rotatable bonds is 5. The van der Waals surface area contributed by atoms with Crippen molar-refractivity contribution in [3.63, 3.8) is 0 Å². The van der Waals surface area contributed by atoms with Crippen LogP contribution < -0.4 is 0 Å². The molecule has 0 bridgehead atoms. The van der Waals surface area contributed by atoms with Crippen molar-refractivity contribution in [3.8, 4) is 11.1 Å². The number of benzene rings is 3. The zero-order valence-corrected chi connectivity index (χ0v) is 17.5. The third kappa shape index (κ3) is 4.64. The second kappa shape index (κ2) is 8.55. The first-order chi connectivity index (χ1) is 14.8. The number of carbonyl (C=O) groups excluding carboxylic acids is 1. The summed E-state index contributed by atoms with van der Waals surface area (Å²) in [6, 6.07) is 20.7. The summed E-state index contributed by atoms with van der Waals surface area (Å²) in [5.41, 5.74) is 2.48. The molecule has 2 nitrogen and oxygen atoms in total. The van der Waals surface area contributed by atoms with Gasteiger partial charge < -0.3 is 4.74 Å². The zero-order valence-electron chi connectivity index (χ0n) is 16.7. The highest BCUT2D eigenvalue weighted by Crippen LogP contribution is 2.36. The van der Waals surface area contributed by atoms with Gasteiger partial charge in [-0.15, -0.1) is 11.3 Å². The van der Waals surface area contributed by atoms with Gasteiger partial charge in [0.1, 0.15) is 0 Å². The van der Waals surface area contributed by atoms with Gasteiger partial charge in [0.2, 0.25) is 0 Å². The molecular formula is C25H19F3O2S. The first-order valence-electron chi connectivity index (χ1n) is 9.80. The van der Waals surface area contributed by atoms with E-state index >= 15 is 0 Å². The molecular weight excluding hydrogens is 421 g/mol.